The number of fused-ring (bicyclic) bond motifs is 1. The molecule has 11 heteroatoms. The van der Waals surface area contributed by atoms with E-state index in [4.69, 9.17) is 0 Å². The number of aromatic nitrogens is 3. The van der Waals surface area contributed by atoms with Crippen molar-refractivity contribution in [2.45, 2.75) is 62.9 Å². The molecule has 2 saturated heterocycles. The first-order valence-corrected chi connectivity index (χ1v) is 12.7. The van der Waals surface area contributed by atoms with E-state index in [1.807, 2.05) is 6.07 Å². The Morgan fingerprint density at radius 3 is 2.58 bits per heavy atom. The van der Waals surface area contributed by atoms with Crippen LogP contribution in [0.4, 0.5) is 4.79 Å². The van der Waals surface area contributed by atoms with Gasteiger partial charge in [0.1, 0.15) is 17.6 Å². The lowest BCUT2D eigenvalue weighted by Gasteiger charge is -2.37. The molecule has 4 heterocycles. The quantitative estimate of drug-likeness (QED) is 0.601. The molecule has 1 aliphatic carbocycles. The summed E-state index contributed by atoms with van der Waals surface area (Å²) >= 11 is 0. The molecular formula is C25H33N7O4. The zero-order valence-corrected chi connectivity index (χ0v) is 21.1. The Morgan fingerprint density at radius 2 is 1.86 bits per heavy atom. The van der Waals surface area contributed by atoms with Crippen molar-refractivity contribution < 1.29 is 19.2 Å². The van der Waals surface area contributed by atoms with Gasteiger partial charge in [-0.1, -0.05) is 19.3 Å². The average molecular weight is 496 g/mol. The van der Waals surface area contributed by atoms with E-state index in [0.717, 1.165) is 42.7 Å². The summed E-state index contributed by atoms with van der Waals surface area (Å²) < 4.78 is 1.63. The van der Waals surface area contributed by atoms with Gasteiger partial charge >= 0.3 is 6.03 Å². The second-order valence-corrected chi connectivity index (χ2v) is 10.3. The summed E-state index contributed by atoms with van der Waals surface area (Å²) in [5, 5.41) is 4.43. The van der Waals surface area contributed by atoms with E-state index in [2.05, 4.69) is 10.1 Å². The van der Waals surface area contributed by atoms with Crippen LogP contribution in [0.1, 0.15) is 73.5 Å². The van der Waals surface area contributed by atoms with Gasteiger partial charge < -0.3 is 14.7 Å². The molecule has 11 nitrogen and oxygen atoms in total. The molecule has 1 spiro atoms. The third-order valence-electron chi connectivity index (χ3n) is 8.01. The van der Waals surface area contributed by atoms with Crippen LogP contribution in [0.2, 0.25) is 0 Å². The van der Waals surface area contributed by atoms with Crippen LogP contribution in [0.3, 0.4) is 0 Å². The summed E-state index contributed by atoms with van der Waals surface area (Å²) in [4.78, 5) is 62.9. The number of nitrogens with zero attached hydrogens (tertiary/aromatic N) is 7. The van der Waals surface area contributed by atoms with Crippen LogP contribution in [0.15, 0.2) is 18.5 Å². The lowest BCUT2D eigenvalue weighted by atomic mass is 9.81. The molecular weight excluding hydrogens is 462 g/mol. The Balaban J connectivity index is 1.42. The maximum absolute atomic E-state index is 13.6. The van der Waals surface area contributed by atoms with Gasteiger partial charge in [-0.25, -0.2) is 14.3 Å². The van der Waals surface area contributed by atoms with E-state index in [0.29, 0.717) is 37.0 Å². The molecule has 192 valence electrons. The number of piperidine rings is 1. The average Bonchev–Trinajstić information content (AvgIpc) is 3.40. The first kappa shape index (κ1) is 24.2. The van der Waals surface area contributed by atoms with Crippen LogP contribution in [-0.4, -0.2) is 97.7 Å². The Bertz CT molecular complexity index is 1220. The first-order valence-electron chi connectivity index (χ1n) is 12.7. The number of amides is 5. The molecule has 0 bridgehead atoms. The van der Waals surface area contributed by atoms with Crippen LogP contribution >= 0.6 is 0 Å². The fourth-order valence-electron chi connectivity index (χ4n) is 5.99. The van der Waals surface area contributed by atoms with Crippen LogP contribution in [0, 0.1) is 0 Å². The number of likely N-dealkylation sites (tertiary alicyclic amines) is 1. The monoisotopic (exact) mass is 495 g/mol. The molecule has 5 rings (SSSR count). The van der Waals surface area contributed by atoms with Gasteiger partial charge in [-0.05, 0) is 38.2 Å². The summed E-state index contributed by atoms with van der Waals surface area (Å²) in [6, 6.07) is 1.12. The Labute approximate surface area is 210 Å². The number of likely N-dealkylation sites (N-methyl/N-ethyl adjacent to an activating group) is 1. The highest BCUT2D eigenvalue weighted by Gasteiger charge is 2.56. The third-order valence-corrected chi connectivity index (χ3v) is 8.01. The molecule has 0 aromatic carbocycles. The van der Waals surface area contributed by atoms with E-state index >= 15 is 0 Å². The van der Waals surface area contributed by atoms with Gasteiger partial charge in [0, 0.05) is 33.9 Å². The maximum Gasteiger partial charge on any atom is 0.327 e. The molecule has 0 N–H and O–H groups in total. The van der Waals surface area contributed by atoms with Crippen molar-refractivity contribution in [2.24, 2.45) is 0 Å². The predicted octanol–water partition coefficient (Wildman–Crippen LogP) is 2.08. The molecule has 1 atom stereocenters. The molecule has 1 saturated carbocycles. The van der Waals surface area contributed by atoms with Crippen molar-refractivity contribution in [2.75, 3.05) is 34.2 Å². The number of rotatable bonds is 4. The van der Waals surface area contributed by atoms with Crippen molar-refractivity contribution >= 4 is 29.4 Å². The van der Waals surface area contributed by atoms with E-state index < -0.39 is 11.6 Å². The minimum atomic E-state index is -0.807. The van der Waals surface area contributed by atoms with Crippen LogP contribution in [-0.2, 0) is 9.59 Å². The minimum absolute atomic E-state index is 0.196. The largest absolute Gasteiger partial charge is 0.345 e. The van der Waals surface area contributed by atoms with Crippen LogP contribution in [0.25, 0.3) is 5.65 Å². The molecule has 36 heavy (non-hydrogen) atoms. The third kappa shape index (κ3) is 3.72. The smallest absolute Gasteiger partial charge is 0.327 e. The minimum Gasteiger partial charge on any atom is -0.345 e. The second-order valence-electron chi connectivity index (χ2n) is 10.3. The Hall–Kier alpha value is -3.50. The van der Waals surface area contributed by atoms with Gasteiger partial charge in [-0.2, -0.15) is 5.10 Å². The summed E-state index contributed by atoms with van der Waals surface area (Å²) in [7, 11) is 5.03. The fourth-order valence-corrected chi connectivity index (χ4v) is 5.99. The zero-order valence-electron chi connectivity index (χ0n) is 21.1. The van der Waals surface area contributed by atoms with Crippen LogP contribution in [0.5, 0.6) is 0 Å². The lowest BCUT2D eigenvalue weighted by molar-refractivity contribution is -0.142. The van der Waals surface area contributed by atoms with Gasteiger partial charge in [-0.3, -0.25) is 19.3 Å². The summed E-state index contributed by atoms with van der Waals surface area (Å²) in [5.41, 5.74) is 0.781. The SMILES string of the molecule is CN(C)C(=O)c1cnn2c(C3CCCCN3C(=O)CN3C(=O)N(C)C4(CCCCC4)C3=O)ccnc12. The number of imide groups is 1. The van der Waals surface area contributed by atoms with Crippen molar-refractivity contribution in [1.82, 2.24) is 34.2 Å². The number of hydrogen-bond donors (Lipinski definition) is 0. The van der Waals surface area contributed by atoms with Gasteiger partial charge in [-0.15, -0.1) is 0 Å². The zero-order chi connectivity index (χ0) is 25.6. The maximum atomic E-state index is 13.6. The highest BCUT2D eigenvalue weighted by molar-refractivity contribution is 6.09. The normalized spacial score (nSPS) is 22.1. The number of carbonyl (C=O) groups excluding carboxylic acids is 4. The first-order chi connectivity index (χ1) is 17.3. The van der Waals surface area contributed by atoms with E-state index in [9.17, 15) is 19.2 Å². The summed E-state index contributed by atoms with van der Waals surface area (Å²) in [6.45, 7) is 0.257. The van der Waals surface area contributed by atoms with Gasteiger partial charge in [0.25, 0.3) is 11.8 Å². The Morgan fingerprint density at radius 1 is 1.11 bits per heavy atom. The van der Waals surface area contributed by atoms with Crippen molar-refractivity contribution in [1.29, 1.82) is 0 Å². The van der Waals surface area contributed by atoms with Crippen molar-refractivity contribution in [3.63, 3.8) is 0 Å². The highest BCUT2D eigenvalue weighted by atomic mass is 16.2. The van der Waals surface area contributed by atoms with Gasteiger partial charge in [0.05, 0.1) is 17.9 Å². The van der Waals surface area contributed by atoms with E-state index in [1.54, 1.807) is 41.7 Å². The lowest BCUT2D eigenvalue weighted by Crippen LogP contribution is -2.50. The number of carbonyl (C=O) groups is 4. The van der Waals surface area contributed by atoms with Gasteiger partial charge in [0.2, 0.25) is 5.91 Å². The second kappa shape index (κ2) is 9.18. The molecule has 0 radical (unpaired) electrons. The Kier molecular flexibility index (Phi) is 6.17. The molecule has 5 amide bonds. The van der Waals surface area contributed by atoms with E-state index in [-0.39, 0.29) is 30.3 Å². The highest BCUT2D eigenvalue weighted by Crippen LogP contribution is 2.40. The van der Waals surface area contributed by atoms with Crippen LogP contribution < -0.4 is 0 Å². The van der Waals surface area contributed by atoms with E-state index in [1.165, 1.54) is 11.1 Å². The van der Waals surface area contributed by atoms with Crippen molar-refractivity contribution in [3.8, 4) is 0 Å². The molecule has 2 aromatic rings. The molecule has 3 fully saturated rings. The molecule has 2 aliphatic heterocycles. The molecule has 3 aliphatic rings. The summed E-state index contributed by atoms with van der Waals surface area (Å²) in [6.07, 6.45) is 9.77. The summed E-state index contributed by atoms with van der Waals surface area (Å²) in [5.74, 6) is -0.704. The topological polar surface area (TPSA) is 111 Å². The molecule has 2 aromatic heterocycles. The van der Waals surface area contributed by atoms with Crippen molar-refractivity contribution in [3.05, 3.63) is 29.7 Å². The van der Waals surface area contributed by atoms with Gasteiger partial charge in [0.15, 0.2) is 5.65 Å². The fraction of sp³-hybridized carbons (Fsp3) is 0.600. The number of hydrogen-bond acceptors (Lipinski definition) is 6. The molecule has 1 unspecified atom stereocenters. The number of urea groups is 1. The standard InChI is InChI=1S/C25H33N7O4/c1-28(2)22(34)17-15-27-32-19(10-13-26-21(17)32)18-9-5-8-14-30(18)20(33)16-31-23(35)25(29(3)24(31)36)11-6-4-7-12-25/h10,13,15,18H,4-9,11-12,14,16H2,1-3H3. The predicted molar refractivity (Wildman–Crippen MR) is 130 cm³/mol.